The second-order valence-corrected chi connectivity index (χ2v) is 7.61. The molecule has 30 heavy (non-hydrogen) atoms. The fourth-order valence-corrected chi connectivity index (χ4v) is 4.11. The number of hydrogen-bond acceptors (Lipinski definition) is 3. The van der Waals surface area contributed by atoms with Crippen LogP contribution in [0, 0.1) is 11.6 Å². The SMILES string of the molecule is CN1C(=O)[C@H]2CN(C(=O)c3cc(F)cc(F)c3)CCN2C(=O)[C@@H]1Cc1ccccc1. The molecule has 0 N–H and O–H groups in total. The van der Waals surface area contributed by atoms with Crippen LogP contribution in [0.2, 0.25) is 0 Å². The van der Waals surface area contributed by atoms with Crippen LogP contribution in [0.15, 0.2) is 48.5 Å². The molecular weight excluding hydrogens is 392 g/mol. The number of carbonyl (C=O) groups is 3. The Morgan fingerprint density at radius 3 is 2.33 bits per heavy atom. The molecule has 2 aliphatic heterocycles. The predicted molar refractivity (Wildman–Crippen MR) is 104 cm³/mol. The van der Waals surface area contributed by atoms with Gasteiger partial charge in [0.15, 0.2) is 0 Å². The number of halogens is 2. The normalized spacial score (nSPS) is 21.6. The average molecular weight is 413 g/mol. The van der Waals surface area contributed by atoms with Crippen molar-refractivity contribution in [2.24, 2.45) is 0 Å². The van der Waals surface area contributed by atoms with Crippen molar-refractivity contribution in [2.45, 2.75) is 18.5 Å². The van der Waals surface area contributed by atoms with Crippen molar-refractivity contribution in [3.8, 4) is 0 Å². The highest BCUT2D eigenvalue weighted by Crippen LogP contribution is 2.24. The highest BCUT2D eigenvalue weighted by Gasteiger charge is 2.47. The maximum atomic E-state index is 13.5. The Kier molecular flexibility index (Phi) is 5.24. The van der Waals surface area contributed by atoms with Gasteiger partial charge >= 0.3 is 0 Å². The molecule has 2 fully saturated rings. The minimum Gasteiger partial charge on any atom is -0.334 e. The van der Waals surface area contributed by atoms with E-state index in [1.807, 2.05) is 30.3 Å². The van der Waals surface area contributed by atoms with Crippen LogP contribution in [0.3, 0.4) is 0 Å². The summed E-state index contributed by atoms with van der Waals surface area (Å²) in [6, 6.07) is 10.7. The number of hydrogen-bond donors (Lipinski definition) is 0. The molecule has 0 radical (unpaired) electrons. The summed E-state index contributed by atoms with van der Waals surface area (Å²) in [4.78, 5) is 43.1. The van der Waals surface area contributed by atoms with E-state index in [2.05, 4.69) is 0 Å². The number of nitrogens with zero attached hydrogens (tertiary/aromatic N) is 3. The first-order chi connectivity index (χ1) is 14.3. The van der Waals surface area contributed by atoms with E-state index in [0.29, 0.717) is 12.5 Å². The van der Waals surface area contributed by atoms with E-state index in [1.165, 1.54) is 14.7 Å². The van der Waals surface area contributed by atoms with Crippen LogP contribution in [0.5, 0.6) is 0 Å². The molecule has 4 rings (SSSR count). The van der Waals surface area contributed by atoms with Gasteiger partial charge < -0.3 is 14.7 Å². The van der Waals surface area contributed by atoms with Crippen molar-refractivity contribution in [3.05, 3.63) is 71.3 Å². The Bertz CT molecular complexity index is 978. The number of carbonyl (C=O) groups excluding carboxylic acids is 3. The first-order valence-electron chi connectivity index (χ1n) is 9.71. The monoisotopic (exact) mass is 413 g/mol. The van der Waals surface area contributed by atoms with E-state index in [9.17, 15) is 23.2 Å². The van der Waals surface area contributed by atoms with E-state index < -0.39 is 29.6 Å². The van der Waals surface area contributed by atoms with Crippen LogP contribution in [-0.4, -0.2) is 71.2 Å². The number of benzene rings is 2. The molecule has 0 unspecified atom stereocenters. The number of likely N-dealkylation sites (N-methyl/N-ethyl adjacent to an activating group) is 1. The van der Waals surface area contributed by atoms with Gasteiger partial charge in [0.1, 0.15) is 23.7 Å². The summed E-state index contributed by atoms with van der Waals surface area (Å²) < 4.78 is 27.0. The second-order valence-electron chi connectivity index (χ2n) is 7.61. The highest BCUT2D eigenvalue weighted by atomic mass is 19.1. The Labute approximate surface area is 172 Å². The number of amides is 3. The molecule has 8 heteroatoms. The minimum atomic E-state index is -0.843. The molecular formula is C22H21F2N3O3. The van der Waals surface area contributed by atoms with Crippen LogP contribution < -0.4 is 0 Å². The maximum Gasteiger partial charge on any atom is 0.254 e. The van der Waals surface area contributed by atoms with Crippen LogP contribution in [0.4, 0.5) is 8.78 Å². The van der Waals surface area contributed by atoms with Crippen LogP contribution >= 0.6 is 0 Å². The number of fused-ring (bicyclic) bond motifs is 1. The third-order valence-corrected chi connectivity index (χ3v) is 5.72. The molecule has 3 amide bonds. The van der Waals surface area contributed by atoms with E-state index in [1.54, 1.807) is 7.05 Å². The fraction of sp³-hybridized carbons (Fsp3) is 0.318. The molecule has 2 aliphatic rings. The Hall–Kier alpha value is -3.29. The smallest absolute Gasteiger partial charge is 0.254 e. The molecule has 2 aromatic carbocycles. The lowest BCUT2D eigenvalue weighted by Gasteiger charge is -2.48. The summed E-state index contributed by atoms with van der Waals surface area (Å²) in [5.74, 6) is -2.66. The van der Waals surface area contributed by atoms with Gasteiger partial charge in [-0.3, -0.25) is 14.4 Å². The quantitative estimate of drug-likeness (QED) is 0.770. The third-order valence-electron chi connectivity index (χ3n) is 5.72. The summed E-state index contributed by atoms with van der Waals surface area (Å²) >= 11 is 0. The van der Waals surface area contributed by atoms with E-state index in [0.717, 1.165) is 17.7 Å². The lowest BCUT2D eigenvalue weighted by atomic mass is 9.96. The van der Waals surface area contributed by atoms with Crippen molar-refractivity contribution in [1.29, 1.82) is 0 Å². The van der Waals surface area contributed by atoms with Gasteiger partial charge in [0.25, 0.3) is 5.91 Å². The van der Waals surface area contributed by atoms with Gasteiger partial charge in [0.05, 0.1) is 6.54 Å². The van der Waals surface area contributed by atoms with Gasteiger partial charge in [-0.2, -0.15) is 0 Å². The zero-order valence-corrected chi connectivity index (χ0v) is 16.4. The molecule has 2 atom stereocenters. The molecule has 0 spiro atoms. The molecule has 2 saturated heterocycles. The minimum absolute atomic E-state index is 0.00998. The molecule has 0 aromatic heterocycles. The number of piperazine rings is 2. The predicted octanol–water partition coefficient (Wildman–Crippen LogP) is 1.70. The van der Waals surface area contributed by atoms with Gasteiger partial charge in [-0.05, 0) is 17.7 Å². The van der Waals surface area contributed by atoms with E-state index >= 15 is 0 Å². The summed E-state index contributed by atoms with van der Waals surface area (Å²) in [5.41, 5.74) is 0.835. The van der Waals surface area contributed by atoms with Crippen molar-refractivity contribution < 1.29 is 23.2 Å². The molecule has 2 heterocycles. The van der Waals surface area contributed by atoms with Gasteiger partial charge in [0.2, 0.25) is 11.8 Å². The topological polar surface area (TPSA) is 60.9 Å². The molecule has 156 valence electrons. The van der Waals surface area contributed by atoms with Gasteiger partial charge in [-0.25, -0.2) is 8.78 Å². The summed E-state index contributed by atoms with van der Waals surface area (Å²) in [6.07, 6.45) is 0.413. The van der Waals surface area contributed by atoms with Gasteiger partial charge in [-0.15, -0.1) is 0 Å². The second kappa shape index (κ2) is 7.85. The first kappa shape index (κ1) is 20.0. The van der Waals surface area contributed by atoms with Crippen molar-refractivity contribution in [1.82, 2.24) is 14.7 Å². The lowest BCUT2D eigenvalue weighted by Crippen LogP contribution is -2.70. The number of rotatable bonds is 3. The Balaban J connectivity index is 1.52. The summed E-state index contributed by atoms with van der Waals surface area (Å²) in [5, 5.41) is 0. The van der Waals surface area contributed by atoms with Crippen molar-refractivity contribution >= 4 is 17.7 Å². The maximum absolute atomic E-state index is 13.5. The zero-order chi connectivity index (χ0) is 21.4. The van der Waals surface area contributed by atoms with Gasteiger partial charge in [-0.1, -0.05) is 30.3 Å². The third kappa shape index (κ3) is 3.65. The van der Waals surface area contributed by atoms with Crippen molar-refractivity contribution in [3.63, 3.8) is 0 Å². The van der Waals surface area contributed by atoms with Crippen molar-refractivity contribution in [2.75, 3.05) is 26.7 Å². The molecule has 0 saturated carbocycles. The fourth-order valence-electron chi connectivity index (χ4n) is 4.11. The first-order valence-corrected chi connectivity index (χ1v) is 9.71. The standard InChI is InChI=1S/C22H21F2N3O3/c1-25-18(9-14-5-3-2-4-6-14)22(30)27-8-7-26(13-19(27)21(25)29)20(28)15-10-16(23)12-17(24)11-15/h2-6,10-12,18-19H,7-9,13H2,1H3/t18-,19+/m0/s1. The largest absolute Gasteiger partial charge is 0.334 e. The molecule has 2 aromatic rings. The van der Waals surface area contributed by atoms with Gasteiger partial charge in [0, 0.05) is 38.2 Å². The summed E-state index contributed by atoms with van der Waals surface area (Å²) in [7, 11) is 1.59. The average Bonchev–Trinajstić information content (AvgIpc) is 2.74. The zero-order valence-electron chi connectivity index (χ0n) is 16.4. The molecule has 0 bridgehead atoms. The lowest BCUT2D eigenvalue weighted by molar-refractivity contribution is -0.163. The van der Waals surface area contributed by atoms with Crippen LogP contribution in [0.1, 0.15) is 15.9 Å². The van der Waals surface area contributed by atoms with Crippen LogP contribution in [0.25, 0.3) is 0 Å². The Morgan fingerprint density at radius 1 is 1.00 bits per heavy atom. The van der Waals surface area contributed by atoms with E-state index in [-0.39, 0.29) is 37.0 Å². The molecule has 6 nitrogen and oxygen atoms in total. The van der Waals surface area contributed by atoms with Crippen LogP contribution in [-0.2, 0) is 16.0 Å². The molecule has 0 aliphatic carbocycles. The Morgan fingerprint density at radius 2 is 1.67 bits per heavy atom. The highest BCUT2D eigenvalue weighted by molar-refractivity contribution is 5.99. The van der Waals surface area contributed by atoms with E-state index in [4.69, 9.17) is 0 Å². The summed E-state index contributed by atoms with van der Waals surface area (Å²) in [6.45, 7) is 0.371.